The standard InChI is InChI=1S/C18H19N3O/c1-12-8-13(2)10-15(9-12)19-18(22)11-21-17-7-5-4-6-16(17)14(3)20-21/h4-10H,11H2,1-3H3,(H,19,22). The van der Waals surface area contributed by atoms with Crippen molar-refractivity contribution < 1.29 is 4.79 Å². The number of aryl methyl sites for hydroxylation is 3. The fourth-order valence-corrected chi connectivity index (χ4v) is 2.80. The number of para-hydroxylation sites is 1. The Labute approximate surface area is 129 Å². The molecule has 22 heavy (non-hydrogen) atoms. The summed E-state index contributed by atoms with van der Waals surface area (Å²) in [6.45, 7) is 6.21. The number of hydrogen-bond acceptors (Lipinski definition) is 2. The van der Waals surface area contributed by atoms with E-state index in [1.54, 1.807) is 4.68 Å². The average molecular weight is 293 g/mol. The zero-order chi connectivity index (χ0) is 15.7. The molecular formula is C18H19N3O. The van der Waals surface area contributed by atoms with Crippen molar-refractivity contribution in [3.8, 4) is 0 Å². The number of hydrogen-bond donors (Lipinski definition) is 1. The summed E-state index contributed by atoms with van der Waals surface area (Å²) in [6, 6.07) is 14.0. The fraction of sp³-hybridized carbons (Fsp3) is 0.222. The van der Waals surface area contributed by atoms with Crippen LogP contribution in [0.5, 0.6) is 0 Å². The highest BCUT2D eigenvalue weighted by Gasteiger charge is 2.10. The number of anilines is 1. The molecule has 0 aliphatic heterocycles. The Kier molecular flexibility index (Phi) is 3.67. The van der Waals surface area contributed by atoms with E-state index >= 15 is 0 Å². The quantitative estimate of drug-likeness (QED) is 0.802. The molecule has 2 aromatic carbocycles. The summed E-state index contributed by atoms with van der Waals surface area (Å²) in [4.78, 5) is 12.3. The number of amides is 1. The molecule has 0 saturated carbocycles. The first-order valence-electron chi connectivity index (χ1n) is 7.33. The van der Waals surface area contributed by atoms with E-state index in [4.69, 9.17) is 0 Å². The van der Waals surface area contributed by atoms with Gasteiger partial charge < -0.3 is 5.32 Å². The molecule has 0 fully saturated rings. The number of benzene rings is 2. The van der Waals surface area contributed by atoms with E-state index in [0.717, 1.165) is 33.4 Å². The maximum absolute atomic E-state index is 12.3. The molecule has 0 aliphatic rings. The Morgan fingerprint density at radius 2 is 1.77 bits per heavy atom. The fourth-order valence-electron chi connectivity index (χ4n) is 2.80. The molecule has 1 N–H and O–H groups in total. The highest BCUT2D eigenvalue weighted by molar-refractivity contribution is 5.92. The first kappa shape index (κ1) is 14.3. The molecular weight excluding hydrogens is 274 g/mol. The minimum absolute atomic E-state index is 0.0711. The smallest absolute Gasteiger partial charge is 0.246 e. The van der Waals surface area contributed by atoms with Crippen molar-refractivity contribution >= 4 is 22.5 Å². The minimum atomic E-state index is -0.0711. The highest BCUT2D eigenvalue weighted by Crippen LogP contribution is 2.18. The summed E-state index contributed by atoms with van der Waals surface area (Å²) in [6.07, 6.45) is 0. The molecule has 0 unspecified atom stereocenters. The van der Waals surface area contributed by atoms with E-state index in [1.807, 2.05) is 57.2 Å². The third-order valence-electron chi connectivity index (χ3n) is 3.64. The van der Waals surface area contributed by atoms with Gasteiger partial charge in [-0.2, -0.15) is 5.10 Å². The van der Waals surface area contributed by atoms with Crippen LogP contribution in [-0.4, -0.2) is 15.7 Å². The number of nitrogens with zero attached hydrogens (tertiary/aromatic N) is 2. The van der Waals surface area contributed by atoms with Crippen LogP contribution in [0.15, 0.2) is 42.5 Å². The van der Waals surface area contributed by atoms with Crippen LogP contribution >= 0.6 is 0 Å². The molecule has 3 aromatic rings. The van der Waals surface area contributed by atoms with Crippen LogP contribution < -0.4 is 5.32 Å². The summed E-state index contributed by atoms with van der Waals surface area (Å²) < 4.78 is 1.75. The number of aromatic nitrogens is 2. The maximum Gasteiger partial charge on any atom is 0.246 e. The molecule has 4 heteroatoms. The molecule has 0 radical (unpaired) electrons. The normalized spacial score (nSPS) is 10.9. The first-order chi connectivity index (χ1) is 10.5. The summed E-state index contributed by atoms with van der Waals surface area (Å²) in [5.74, 6) is -0.0711. The van der Waals surface area contributed by atoms with Crippen LogP contribution in [0.2, 0.25) is 0 Å². The topological polar surface area (TPSA) is 46.9 Å². The van der Waals surface area contributed by atoms with E-state index in [9.17, 15) is 4.79 Å². The number of carbonyl (C=O) groups excluding carboxylic acids is 1. The van der Waals surface area contributed by atoms with Gasteiger partial charge >= 0.3 is 0 Å². The molecule has 112 valence electrons. The van der Waals surface area contributed by atoms with E-state index < -0.39 is 0 Å². The Bertz CT molecular complexity index is 828. The Morgan fingerprint density at radius 3 is 2.50 bits per heavy atom. The number of nitrogens with one attached hydrogen (secondary N) is 1. The highest BCUT2D eigenvalue weighted by atomic mass is 16.2. The lowest BCUT2D eigenvalue weighted by Gasteiger charge is -2.08. The molecule has 0 saturated heterocycles. The number of fused-ring (bicyclic) bond motifs is 1. The van der Waals surface area contributed by atoms with Crippen LogP contribution in [0.3, 0.4) is 0 Å². The Morgan fingerprint density at radius 1 is 1.09 bits per heavy atom. The molecule has 1 aromatic heterocycles. The van der Waals surface area contributed by atoms with Crippen molar-refractivity contribution in [1.82, 2.24) is 9.78 Å². The first-order valence-corrected chi connectivity index (χ1v) is 7.33. The molecule has 3 rings (SSSR count). The van der Waals surface area contributed by atoms with Crippen LogP contribution in [0.1, 0.15) is 16.8 Å². The molecule has 0 atom stereocenters. The maximum atomic E-state index is 12.3. The van der Waals surface area contributed by atoms with Crippen molar-refractivity contribution in [3.05, 3.63) is 59.3 Å². The Balaban J connectivity index is 1.81. The average Bonchev–Trinajstić information content (AvgIpc) is 2.75. The molecule has 4 nitrogen and oxygen atoms in total. The molecule has 0 bridgehead atoms. The third kappa shape index (κ3) is 2.86. The number of rotatable bonds is 3. The lowest BCUT2D eigenvalue weighted by Crippen LogP contribution is -2.19. The van der Waals surface area contributed by atoms with E-state index in [1.165, 1.54) is 0 Å². The van der Waals surface area contributed by atoms with Crippen LogP contribution in [0, 0.1) is 20.8 Å². The molecule has 1 heterocycles. The lowest BCUT2D eigenvalue weighted by molar-refractivity contribution is -0.116. The van der Waals surface area contributed by atoms with Gasteiger partial charge in [-0.15, -0.1) is 0 Å². The van der Waals surface area contributed by atoms with Crippen molar-refractivity contribution in [2.45, 2.75) is 27.3 Å². The SMILES string of the molecule is Cc1cc(C)cc(NC(=O)Cn2nc(C)c3ccccc32)c1. The van der Waals surface area contributed by atoms with Gasteiger partial charge in [0.25, 0.3) is 0 Å². The van der Waals surface area contributed by atoms with Crippen molar-refractivity contribution in [3.63, 3.8) is 0 Å². The van der Waals surface area contributed by atoms with E-state index in [2.05, 4.69) is 16.5 Å². The van der Waals surface area contributed by atoms with E-state index in [-0.39, 0.29) is 12.5 Å². The second-order valence-corrected chi connectivity index (χ2v) is 5.68. The molecule has 1 amide bonds. The summed E-state index contributed by atoms with van der Waals surface area (Å²) in [5.41, 5.74) is 5.02. The molecule has 0 aliphatic carbocycles. The van der Waals surface area contributed by atoms with Gasteiger partial charge in [0.15, 0.2) is 0 Å². The van der Waals surface area contributed by atoms with Gasteiger partial charge in [0.2, 0.25) is 5.91 Å². The molecule has 0 spiro atoms. The largest absolute Gasteiger partial charge is 0.324 e. The lowest BCUT2D eigenvalue weighted by atomic mass is 10.1. The minimum Gasteiger partial charge on any atom is -0.324 e. The van der Waals surface area contributed by atoms with Gasteiger partial charge in [-0.3, -0.25) is 9.48 Å². The number of carbonyl (C=O) groups is 1. The van der Waals surface area contributed by atoms with Crippen molar-refractivity contribution in [2.75, 3.05) is 5.32 Å². The van der Waals surface area contributed by atoms with Crippen molar-refractivity contribution in [1.29, 1.82) is 0 Å². The van der Waals surface area contributed by atoms with Gasteiger partial charge in [-0.05, 0) is 50.1 Å². The monoisotopic (exact) mass is 293 g/mol. The van der Waals surface area contributed by atoms with Crippen LogP contribution in [0.25, 0.3) is 10.9 Å². The second-order valence-electron chi connectivity index (χ2n) is 5.68. The van der Waals surface area contributed by atoms with Crippen LogP contribution in [0.4, 0.5) is 5.69 Å². The predicted octanol–water partition coefficient (Wildman–Crippen LogP) is 3.60. The zero-order valence-corrected chi connectivity index (χ0v) is 13.1. The summed E-state index contributed by atoms with van der Waals surface area (Å²) >= 11 is 0. The summed E-state index contributed by atoms with van der Waals surface area (Å²) in [7, 11) is 0. The van der Waals surface area contributed by atoms with Gasteiger partial charge in [-0.1, -0.05) is 24.3 Å². The zero-order valence-electron chi connectivity index (χ0n) is 13.1. The van der Waals surface area contributed by atoms with Crippen LogP contribution in [-0.2, 0) is 11.3 Å². The second kappa shape index (κ2) is 5.64. The van der Waals surface area contributed by atoms with E-state index in [0.29, 0.717) is 0 Å². The van der Waals surface area contributed by atoms with Gasteiger partial charge in [0, 0.05) is 11.1 Å². The van der Waals surface area contributed by atoms with Gasteiger partial charge in [0.1, 0.15) is 6.54 Å². The van der Waals surface area contributed by atoms with Gasteiger partial charge in [-0.25, -0.2) is 0 Å². The predicted molar refractivity (Wildman–Crippen MR) is 89.0 cm³/mol. The Hall–Kier alpha value is -2.62. The van der Waals surface area contributed by atoms with Gasteiger partial charge in [0.05, 0.1) is 11.2 Å². The summed E-state index contributed by atoms with van der Waals surface area (Å²) in [5, 5.41) is 8.49. The third-order valence-corrected chi connectivity index (χ3v) is 3.64. The van der Waals surface area contributed by atoms with Crippen molar-refractivity contribution in [2.24, 2.45) is 0 Å².